The van der Waals surface area contributed by atoms with E-state index in [9.17, 15) is 14.7 Å². The minimum absolute atomic E-state index is 0.00665. The van der Waals surface area contributed by atoms with Crippen molar-refractivity contribution in [3.8, 4) is 11.3 Å². The summed E-state index contributed by atoms with van der Waals surface area (Å²) in [6, 6.07) is 27.8. The lowest BCUT2D eigenvalue weighted by atomic mass is 10.1. The van der Waals surface area contributed by atoms with Gasteiger partial charge in [0, 0.05) is 11.6 Å². The zero-order valence-electron chi connectivity index (χ0n) is 19.5. The molecule has 0 radical (unpaired) electrons. The van der Waals surface area contributed by atoms with Crippen molar-refractivity contribution < 1.29 is 19.1 Å². The van der Waals surface area contributed by atoms with Gasteiger partial charge in [0.05, 0.1) is 28.6 Å². The summed E-state index contributed by atoms with van der Waals surface area (Å²) in [6.07, 6.45) is 1.69. The van der Waals surface area contributed by atoms with Crippen molar-refractivity contribution in [3.05, 3.63) is 123 Å². The fourth-order valence-corrected chi connectivity index (χ4v) is 4.99. The van der Waals surface area contributed by atoms with E-state index in [1.165, 1.54) is 23.9 Å². The Morgan fingerprint density at radius 3 is 2.38 bits per heavy atom. The summed E-state index contributed by atoms with van der Waals surface area (Å²) in [5.41, 5.74) is 2.63. The average molecular weight is 529 g/mol. The molecule has 0 saturated carbocycles. The number of furan rings is 1. The molecule has 8 heteroatoms. The molecule has 1 aromatic heterocycles. The lowest BCUT2D eigenvalue weighted by molar-refractivity contribution is -0.122. The zero-order chi connectivity index (χ0) is 25.8. The number of carbonyl (C=O) groups excluding carboxylic acids is 1. The SMILES string of the molecule is O=C(O)c1cc(-c2ccc(C=C3SC(=NCc4ccccc4)N(Cc4ccccc4)C3=O)o2)ccc1Cl. The van der Waals surface area contributed by atoms with Crippen molar-refractivity contribution >= 4 is 46.5 Å². The molecule has 1 aliphatic rings. The number of hydrogen-bond donors (Lipinski definition) is 1. The van der Waals surface area contributed by atoms with Gasteiger partial charge in [-0.2, -0.15) is 0 Å². The fraction of sp³-hybridized carbons (Fsp3) is 0.0690. The largest absolute Gasteiger partial charge is 0.478 e. The summed E-state index contributed by atoms with van der Waals surface area (Å²) in [6.45, 7) is 0.867. The Balaban J connectivity index is 1.42. The van der Waals surface area contributed by atoms with Crippen molar-refractivity contribution in [2.24, 2.45) is 4.99 Å². The van der Waals surface area contributed by atoms with Gasteiger partial charge >= 0.3 is 5.97 Å². The molecular weight excluding hydrogens is 508 g/mol. The summed E-state index contributed by atoms with van der Waals surface area (Å²) in [7, 11) is 0. The molecule has 5 rings (SSSR count). The Labute approximate surface area is 222 Å². The van der Waals surface area contributed by atoms with E-state index in [4.69, 9.17) is 21.0 Å². The van der Waals surface area contributed by atoms with Crippen molar-refractivity contribution in [1.29, 1.82) is 0 Å². The molecule has 1 aliphatic heterocycles. The normalized spacial score (nSPS) is 15.6. The van der Waals surface area contributed by atoms with Crippen LogP contribution in [-0.4, -0.2) is 27.1 Å². The highest BCUT2D eigenvalue weighted by Crippen LogP contribution is 2.35. The molecule has 0 atom stereocenters. The summed E-state index contributed by atoms with van der Waals surface area (Å²) >= 11 is 7.29. The van der Waals surface area contributed by atoms with Crippen LogP contribution in [0.3, 0.4) is 0 Å². The van der Waals surface area contributed by atoms with Gasteiger partial charge in [0.25, 0.3) is 5.91 Å². The Hall–Kier alpha value is -4.07. The van der Waals surface area contributed by atoms with Crippen LogP contribution in [0.2, 0.25) is 5.02 Å². The molecular formula is C29H21ClN2O4S. The van der Waals surface area contributed by atoms with E-state index in [1.807, 2.05) is 60.7 Å². The van der Waals surface area contributed by atoms with Gasteiger partial charge in [-0.15, -0.1) is 0 Å². The number of nitrogens with zero attached hydrogens (tertiary/aromatic N) is 2. The number of rotatable bonds is 7. The summed E-state index contributed by atoms with van der Waals surface area (Å²) in [5.74, 6) is -0.324. The highest BCUT2D eigenvalue weighted by molar-refractivity contribution is 8.18. The molecule has 1 amide bonds. The van der Waals surface area contributed by atoms with Crippen molar-refractivity contribution in [2.75, 3.05) is 0 Å². The average Bonchev–Trinajstić information content (AvgIpc) is 3.49. The number of carboxylic acid groups (broad SMARTS) is 1. The first kappa shape index (κ1) is 24.6. The van der Waals surface area contributed by atoms with Gasteiger partial charge < -0.3 is 9.52 Å². The molecule has 0 spiro atoms. The third-order valence-electron chi connectivity index (χ3n) is 5.69. The third kappa shape index (κ3) is 5.69. The van der Waals surface area contributed by atoms with Gasteiger partial charge in [0.15, 0.2) is 5.17 Å². The number of halogens is 1. The van der Waals surface area contributed by atoms with Gasteiger partial charge in [-0.1, -0.05) is 72.3 Å². The molecule has 4 aromatic rings. The van der Waals surface area contributed by atoms with E-state index in [-0.39, 0.29) is 16.5 Å². The molecule has 1 N–H and O–H groups in total. The van der Waals surface area contributed by atoms with E-state index in [0.29, 0.717) is 40.2 Å². The maximum atomic E-state index is 13.4. The quantitative estimate of drug-likeness (QED) is 0.262. The lowest BCUT2D eigenvalue weighted by Crippen LogP contribution is -2.28. The number of aromatic carboxylic acids is 1. The maximum absolute atomic E-state index is 13.4. The third-order valence-corrected chi connectivity index (χ3v) is 7.07. The molecule has 2 heterocycles. The Kier molecular flexibility index (Phi) is 7.25. The summed E-state index contributed by atoms with van der Waals surface area (Å²) < 4.78 is 5.94. The number of carboxylic acids is 1. The minimum Gasteiger partial charge on any atom is -0.478 e. The predicted molar refractivity (Wildman–Crippen MR) is 146 cm³/mol. The molecule has 1 saturated heterocycles. The van der Waals surface area contributed by atoms with Gasteiger partial charge in [-0.05, 0) is 53.2 Å². The minimum atomic E-state index is -1.12. The van der Waals surface area contributed by atoms with Crippen molar-refractivity contribution in [1.82, 2.24) is 4.90 Å². The molecule has 184 valence electrons. The number of aliphatic imine (C=N–C) groups is 1. The first-order valence-electron chi connectivity index (χ1n) is 11.4. The second kappa shape index (κ2) is 10.9. The van der Waals surface area contributed by atoms with Crippen molar-refractivity contribution in [3.63, 3.8) is 0 Å². The monoisotopic (exact) mass is 528 g/mol. The van der Waals surface area contributed by atoms with Crippen LogP contribution in [0.15, 0.2) is 105 Å². The molecule has 37 heavy (non-hydrogen) atoms. The Morgan fingerprint density at radius 2 is 1.68 bits per heavy atom. The predicted octanol–water partition coefficient (Wildman–Crippen LogP) is 6.97. The summed E-state index contributed by atoms with van der Waals surface area (Å²) in [5, 5.41) is 10.1. The molecule has 3 aromatic carbocycles. The Morgan fingerprint density at radius 1 is 0.973 bits per heavy atom. The second-order valence-electron chi connectivity index (χ2n) is 8.27. The van der Waals surface area contributed by atoms with Crippen molar-refractivity contribution in [2.45, 2.75) is 13.1 Å². The Bertz CT molecular complexity index is 1510. The molecule has 1 fully saturated rings. The van der Waals surface area contributed by atoms with Gasteiger partial charge in [0.1, 0.15) is 11.5 Å². The fourth-order valence-electron chi connectivity index (χ4n) is 3.83. The number of amides is 1. The van der Waals surface area contributed by atoms with Crippen LogP contribution >= 0.6 is 23.4 Å². The van der Waals surface area contributed by atoms with Crippen LogP contribution in [0.4, 0.5) is 0 Å². The standard InChI is InChI=1S/C29H21ClN2O4S/c30-24-13-11-21(15-23(24)28(34)35)25-14-12-22(36-25)16-26-27(33)32(18-20-9-5-2-6-10-20)29(37-26)31-17-19-7-3-1-4-8-19/h1-16H,17-18H2,(H,34,35). The molecule has 6 nitrogen and oxygen atoms in total. The van der Waals surface area contributed by atoms with Gasteiger partial charge in [-0.3, -0.25) is 14.7 Å². The van der Waals surface area contributed by atoms with Gasteiger partial charge in [-0.25, -0.2) is 4.79 Å². The van der Waals surface area contributed by atoms with E-state index in [0.717, 1.165) is 11.1 Å². The number of benzene rings is 3. The first-order valence-corrected chi connectivity index (χ1v) is 12.6. The van der Waals surface area contributed by atoms with Crippen LogP contribution in [0, 0.1) is 0 Å². The first-order chi connectivity index (χ1) is 18.0. The van der Waals surface area contributed by atoms with Crippen LogP contribution in [0.5, 0.6) is 0 Å². The highest BCUT2D eigenvalue weighted by Gasteiger charge is 2.33. The molecule has 0 bridgehead atoms. The maximum Gasteiger partial charge on any atom is 0.337 e. The smallest absolute Gasteiger partial charge is 0.337 e. The van der Waals surface area contributed by atoms with E-state index in [1.54, 1.807) is 29.2 Å². The summed E-state index contributed by atoms with van der Waals surface area (Å²) in [4.78, 5) is 31.8. The van der Waals surface area contributed by atoms with E-state index < -0.39 is 5.97 Å². The van der Waals surface area contributed by atoms with Crippen LogP contribution in [-0.2, 0) is 17.9 Å². The van der Waals surface area contributed by atoms with Crippen LogP contribution < -0.4 is 0 Å². The molecule has 0 aliphatic carbocycles. The highest BCUT2D eigenvalue weighted by atomic mass is 35.5. The number of amidine groups is 1. The second-order valence-corrected chi connectivity index (χ2v) is 9.69. The lowest BCUT2D eigenvalue weighted by Gasteiger charge is -2.15. The zero-order valence-corrected chi connectivity index (χ0v) is 21.1. The van der Waals surface area contributed by atoms with Crippen LogP contribution in [0.25, 0.3) is 17.4 Å². The van der Waals surface area contributed by atoms with Crippen LogP contribution in [0.1, 0.15) is 27.2 Å². The van der Waals surface area contributed by atoms with E-state index in [2.05, 4.69) is 0 Å². The number of thioether (sulfide) groups is 1. The molecule has 0 unspecified atom stereocenters. The number of carbonyl (C=O) groups is 2. The topological polar surface area (TPSA) is 83.1 Å². The number of hydrogen-bond acceptors (Lipinski definition) is 5. The van der Waals surface area contributed by atoms with Gasteiger partial charge in [0.2, 0.25) is 0 Å². The van der Waals surface area contributed by atoms with E-state index >= 15 is 0 Å².